The topological polar surface area (TPSA) is 0 Å². The van der Waals surface area contributed by atoms with Gasteiger partial charge in [0.15, 0.2) is 0 Å². The van der Waals surface area contributed by atoms with Gasteiger partial charge >= 0.3 is 0 Å². The van der Waals surface area contributed by atoms with Crippen LogP contribution in [0.1, 0.15) is 46.0 Å². The van der Waals surface area contributed by atoms with E-state index in [0.29, 0.717) is 0 Å². The minimum absolute atomic E-state index is 0.884. The van der Waals surface area contributed by atoms with E-state index < -0.39 is 0 Å². The SMILES string of the molecule is C/C=C\C=C(/C)C1CCCCC1. The zero-order valence-corrected chi connectivity index (χ0v) is 8.34. The summed E-state index contributed by atoms with van der Waals surface area (Å²) in [6, 6.07) is 0. The summed E-state index contributed by atoms with van der Waals surface area (Å²) < 4.78 is 0. The summed E-state index contributed by atoms with van der Waals surface area (Å²) in [5.74, 6) is 0.884. The second-order valence-electron chi connectivity index (χ2n) is 3.77. The minimum atomic E-state index is 0.884. The van der Waals surface area contributed by atoms with Gasteiger partial charge in [-0.1, -0.05) is 43.1 Å². The Morgan fingerprint density at radius 2 is 1.83 bits per heavy atom. The molecule has 0 aromatic carbocycles. The number of rotatable bonds is 2. The fourth-order valence-corrected chi connectivity index (χ4v) is 1.94. The van der Waals surface area contributed by atoms with Crippen LogP contribution in [0, 0.1) is 5.92 Å². The Morgan fingerprint density at radius 3 is 2.42 bits per heavy atom. The molecule has 0 atom stereocenters. The van der Waals surface area contributed by atoms with Gasteiger partial charge in [-0.3, -0.25) is 0 Å². The lowest BCUT2D eigenvalue weighted by Crippen LogP contribution is -2.06. The molecule has 12 heavy (non-hydrogen) atoms. The predicted molar refractivity (Wildman–Crippen MR) is 55.1 cm³/mol. The molecule has 0 saturated heterocycles. The summed E-state index contributed by atoms with van der Waals surface area (Å²) >= 11 is 0. The van der Waals surface area contributed by atoms with Crippen molar-refractivity contribution in [2.24, 2.45) is 5.92 Å². The lowest BCUT2D eigenvalue weighted by atomic mass is 9.84. The van der Waals surface area contributed by atoms with Crippen LogP contribution in [0.5, 0.6) is 0 Å². The number of hydrogen-bond acceptors (Lipinski definition) is 0. The highest BCUT2D eigenvalue weighted by Gasteiger charge is 2.13. The first kappa shape index (κ1) is 9.57. The largest absolute Gasteiger partial charge is 0.0877 e. The molecule has 0 N–H and O–H groups in total. The van der Waals surface area contributed by atoms with Crippen LogP contribution >= 0.6 is 0 Å². The van der Waals surface area contributed by atoms with Crippen molar-refractivity contribution in [1.29, 1.82) is 0 Å². The van der Waals surface area contributed by atoms with Crippen LogP contribution < -0.4 is 0 Å². The molecule has 0 aromatic heterocycles. The Labute approximate surface area is 76.4 Å². The van der Waals surface area contributed by atoms with Gasteiger partial charge < -0.3 is 0 Å². The molecule has 0 heteroatoms. The Balaban J connectivity index is 2.44. The van der Waals surface area contributed by atoms with Crippen molar-refractivity contribution in [2.45, 2.75) is 46.0 Å². The molecule has 1 aliphatic carbocycles. The van der Waals surface area contributed by atoms with E-state index in [1.165, 1.54) is 32.1 Å². The third-order valence-corrected chi connectivity index (χ3v) is 2.80. The predicted octanol–water partition coefficient (Wildman–Crippen LogP) is 4.09. The maximum Gasteiger partial charge on any atom is -0.0203 e. The Bertz CT molecular complexity index is 168. The summed E-state index contributed by atoms with van der Waals surface area (Å²) in [4.78, 5) is 0. The van der Waals surface area contributed by atoms with E-state index in [-0.39, 0.29) is 0 Å². The van der Waals surface area contributed by atoms with Crippen molar-refractivity contribution in [3.05, 3.63) is 23.8 Å². The van der Waals surface area contributed by atoms with Crippen molar-refractivity contribution >= 4 is 0 Å². The van der Waals surface area contributed by atoms with Gasteiger partial charge in [-0.05, 0) is 32.6 Å². The standard InChI is InChI=1S/C12H20/c1-3-4-8-11(2)12-9-6-5-7-10-12/h3-4,8,12H,5-7,9-10H2,1-2H3/b4-3-,11-8+. The van der Waals surface area contributed by atoms with Gasteiger partial charge in [0.2, 0.25) is 0 Å². The second kappa shape index (κ2) is 5.18. The van der Waals surface area contributed by atoms with Crippen LogP contribution in [0.25, 0.3) is 0 Å². The maximum absolute atomic E-state index is 2.27. The van der Waals surface area contributed by atoms with Crippen LogP contribution in [0.4, 0.5) is 0 Å². The molecule has 0 spiro atoms. The van der Waals surface area contributed by atoms with Crippen molar-refractivity contribution < 1.29 is 0 Å². The first-order chi connectivity index (χ1) is 5.84. The summed E-state index contributed by atoms with van der Waals surface area (Å²) in [5.41, 5.74) is 1.58. The van der Waals surface area contributed by atoms with Gasteiger partial charge in [0, 0.05) is 0 Å². The van der Waals surface area contributed by atoms with Crippen LogP contribution in [0.15, 0.2) is 23.8 Å². The molecule has 0 heterocycles. The van der Waals surface area contributed by atoms with Gasteiger partial charge in [0.1, 0.15) is 0 Å². The first-order valence-electron chi connectivity index (χ1n) is 5.14. The average Bonchev–Trinajstić information content (AvgIpc) is 2.15. The van der Waals surface area contributed by atoms with E-state index in [9.17, 15) is 0 Å². The van der Waals surface area contributed by atoms with Crippen LogP contribution in [-0.4, -0.2) is 0 Å². The smallest absolute Gasteiger partial charge is 0.0203 e. The van der Waals surface area contributed by atoms with Crippen molar-refractivity contribution in [3.63, 3.8) is 0 Å². The molecule has 1 fully saturated rings. The fraction of sp³-hybridized carbons (Fsp3) is 0.667. The third-order valence-electron chi connectivity index (χ3n) is 2.80. The van der Waals surface area contributed by atoms with Gasteiger partial charge in [-0.25, -0.2) is 0 Å². The minimum Gasteiger partial charge on any atom is -0.0877 e. The van der Waals surface area contributed by atoms with Gasteiger partial charge in [0.05, 0.1) is 0 Å². The highest BCUT2D eigenvalue weighted by molar-refractivity contribution is 5.13. The summed E-state index contributed by atoms with van der Waals surface area (Å²) in [7, 11) is 0. The molecular weight excluding hydrogens is 144 g/mol. The molecule has 0 nitrogen and oxygen atoms in total. The van der Waals surface area contributed by atoms with Gasteiger partial charge in [-0.15, -0.1) is 0 Å². The number of hydrogen-bond donors (Lipinski definition) is 0. The molecule has 0 unspecified atom stereocenters. The van der Waals surface area contributed by atoms with Crippen molar-refractivity contribution in [3.8, 4) is 0 Å². The van der Waals surface area contributed by atoms with Gasteiger partial charge in [0.25, 0.3) is 0 Å². The number of allylic oxidation sites excluding steroid dienone is 4. The molecule has 0 aliphatic heterocycles. The lowest BCUT2D eigenvalue weighted by molar-refractivity contribution is 0.403. The van der Waals surface area contributed by atoms with E-state index >= 15 is 0 Å². The second-order valence-corrected chi connectivity index (χ2v) is 3.77. The molecule has 0 aromatic rings. The first-order valence-corrected chi connectivity index (χ1v) is 5.14. The van der Waals surface area contributed by atoms with E-state index in [1.54, 1.807) is 5.57 Å². The Kier molecular flexibility index (Phi) is 4.13. The highest BCUT2D eigenvalue weighted by atomic mass is 14.2. The molecule has 1 aliphatic rings. The zero-order valence-electron chi connectivity index (χ0n) is 8.34. The summed E-state index contributed by atoms with van der Waals surface area (Å²) in [6.45, 7) is 4.35. The monoisotopic (exact) mass is 164 g/mol. The average molecular weight is 164 g/mol. The van der Waals surface area contributed by atoms with Crippen molar-refractivity contribution in [1.82, 2.24) is 0 Å². The molecule has 68 valence electrons. The maximum atomic E-state index is 2.27. The van der Waals surface area contributed by atoms with E-state index in [1.807, 2.05) is 0 Å². The fourth-order valence-electron chi connectivity index (χ4n) is 1.94. The van der Waals surface area contributed by atoms with Crippen LogP contribution in [0.2, 0.25) is 0 Å². The Morgan fingerprint density at radius 1 is 1.17 bits per heavy atom. The summed E-state index contributed by atoms with van der Waals surface area (Å²) in [5, 5.41) is 0. The van der Waals surface area contributed by atoms with Crippen LogP contribution in [-0.2, 0) is 0 Å². The van der Waals surface area contributed by atoms with Gasteiger partial charge in [-0.2, -0.15) is 0 Å². The molecule has 0 amide bonds. The van der Waals surface area contributed by atoms with E-state index in [2.05, 4.69) is 32.1 Å². The summed E-state index contributed by atoms with van der Waals surface area (Å²) in [6.07, 6.45) is 13.7. The van der Waals surface area contributed by atoms with E-state index in [4.69, 9.17) is 0 Å². The van der Waals surface area contributed by atoms with Crippen molar-refractivity contribution in [2.75, 3.05) is 0 Å². The lowest BCUT2D eigenvalue weighted by Gasteiger charge is -2.21. The molecule has 1 rings (SSSR count). The third kappa shape index (κ3) is 2.84. The normalized spacial score (nSPS) is 22.0. The molecule has 1 saturated carbocycles. The molecular formula is C12H20. The zero-order chi connectivity index (χ0) is 8.81. The quantitative estimate of drug-likeness (QED) is 0.539. The van der Waals surface area contributed by atoms with E-state index in [0.717, 1.165) is 5.92 Å². The highest BCUT2D eigenvalue weighted by Crippen LogP contribution is 2.29. The molecule has 0 bridgehead atoms. The Hall–Kier alpha value is -0.520. The van der Waals surface area contributed by atoms with Crippen LogP contribution in [0.3, 0.4) is 0 Å². The molecule has 0 radical (unpaired) electrons.